The van der Waals surface area contributed by atoms with Crippen LogP contribution in [0.25, 0.3) is 0 Å². The minimum absolute atomic E-state index is 0.0857. The molecule has 0 aliphatic carbocycles. The Kier molecular flexibility index (Phi) is 5.04. The molecular weight excluding hydrogens is 212 g/mol. The molecule has 5 nitrogen and oxygen atoms in total. The zero-order chi connectivity index (χ0) is 12.0. The summed E-state index contributed by atoms with van der Waals surface area (Å²) in [6, 6.07) is 4.98. The van der Waals surface area contributed by atoms with Gasteiger partial charge >= 0.3 is 0 Å². The van der Waals surface area contributed by atoms with Crippen molar-refractivity contribution in [2.45, 2.75) is 12.7 Å². The van der Waals surface area contributed by atoms with E-state index in [1.165, 1.54) is 13.2 Å². The van der Waals surface area contributed by atoms with Crippen LogP contribution in [0.3, 0.4) is 0 Å². The van der Waals surface area contributed by atoms with Gasteiger partial charge in [0.2, 0.25) is 0 Å². The van der Waals surface area contributed by atoms with E-state index in [0.717, 1.165) is 5.56 Å². The lowest BCUT2D eigenvalue weighted by atomic mass is 10.1. The number of ether oxygens (including phenoxy) is 2. The molecule has 1 aromatic carbocycles. The van der Waals surface area contributed by atoms with Crippen molar-refractivity contribution >= 4 is 0 Å². The lowest BCUT2D eigenvalue weighted by molar-refractivity contribution is -0.123. The van der Waals surface area contributed by atoms with E-state index in [2.05, 4.69) is 0 Å². The summed E-state index contributed by atoms with van der Waals surface area (Å²) in [6.07, 6.45) is -0.577. The summed E-state index contributed by atoms with van der Waals surface area (Å²) in [5.74, 6) is 0.489. The second-order valence-corrected chi connectivity index (χ2v) is 3.26. The second-order valence-electron chi connectivity index (χ2n) is 3.26. The Morgan fingerprint density at radius 2 is 2.12 bits per heavy atom. The van der Waals surface area contributed by atoms with Crippen LogP contribution < -0.4 is 4.74 Å². The Morgan fingerprint density at radius 3 is 2.75 bits per heavy atom. The van der Waals surface area contributed by atoms with Crippen LogP contribution >= 0.6 is 0 Å². The monoisotopic (exact) mass is 228 g/mol. The number of aromatic hydroxyl groups is 1. The molecule has 0 spiro atoms. The summed E-state index contributed by atoms with van der Waals surface area (Å²) in [5.41, 5.74) is 0.916. The predicted octanol–water partition coefficient (Wildman–Crippen LogP) is 0.271. The third kappa shape index (κ3) is 3.69. The number of rotatable bonds is 6. The Balaban J connectivity index is 2.48. The van der Waals surface area contributed by atoms with E-state index in [4.69, 9.17) is 19.7 Å². The number of phenols is 1. The van der Waals surface area contributed by atoms with Crippen molar-refractivity contribution in [3.8, 4) is 11.5 Å². The van der Waals surface area contributed by atoms with E-state index in [1.807, 2.05) is 0 Å². The van der Waals surface area contributed by atoms with Gasteiger partial charge in [-0.25, -0.2) is 0 Å². The Hall–Kier alpha value is -1.30. The fraction of sp³-hybridized carbons (Fsp3) is 0.455. The van der Waals surface area contributed by atoms with Crippen LogP contribution in [-0.2, 0) is 11.2 Å². The van der Waals surface area contributed by atoms with Crippen molar-refractivity contribution in [1.82, 2.24) is 0 Å². The smallest absolute Gasteiger partial charge is 0.177 e. The Labute approximate surface area is 93.9 Å². The van der Waals surface area contributed by atoms with Crippen LogP contribution in [0.1, 0.15) is 5.56 Å². The minimum Gasteiger partial charge on any atom is -0.504 e. The molecule has 0 aromatic heterocycles. The van der Waals surface area contributed by atoms with Crippen LogP contribution in [0.2, 0.25) is 0 Å². The molecule has 0 saturated heterocycles. The first-order chi connectivity index (χ1) is 7.67. The van der Waals surface area contributed by atoms with Crippen LogP contribution in [0.5, 0.6) is 11.5 Å². The van der Waals surface area contributed by atoms with E-state index in [9.17, 15) is 5.11 Å². The second kappa shape index (κ2) is 6.32. The van der Waals surface area contributed by atoms with E-state index >= 15 is 0 Å². The van der Waals surface area contributed by atoms with Crippen molar-refractivity contribution in [2.24, 2.45) is 0 Å². The SMILES string of the molecule is COc1cc(CCOC(O)CO)ccc1O. The Morgan fingerprint density at radius 1 is 1.38 bits per heavy atom. The quantitative estimate of drug-likeness (QED) is 0.609. The maximum Gasteiger partial charge on any atom is 0.177 e. The van der Waals surface area contributed by atoms with Gasteiger partial charge in [-0.1, -0.05) is 6.07 Å². The molecule has 0 saturated carbocycles. The van der Waals surface area contributed by atoms with Gasteiger partial charge in [-0.3, -0.25) is 0 Å². The summed E-state index contributed by atoms with van der Waals surface area (Å²) in [4.78, 5) is 0. The summed E-state index contributed by atoms with van der Waals surface area (Å²) in [5, 5.41) is 26.8. The maximum atomic E-state index is 9.36. The average Bonchev–Trinajstić information content (AvgIpc) is 2.31. The van der Waals surface area contributed by atoms with Crippen molar-refractivity contribution in [1.29, 1.82) is 0 Å². The molecule has 0 aliphatic heterocycles. The molecule has 0 fully saturated rings. The molecular formula is C11H16O5. The molecule has 0 heterocycles. The molecule has 16 heavy (non-hydrogen) atoms. The summed E-state index contributed by atoms with van der Waals surface area (Å²) < 4.78 is 9.86. The molecule has 1 atom stereocenters. The number of aliphatic hydroxyl groups excluding tert-OH is 2. The van der Waals surface area contributed by atoms with Crippen LogP contribution in [0, 0.1) is 0 Å². The van der Waals surface area contributed by atoms with Gasteiger partial charge < -0.3 is 24.8 Å². The number of phenolic OH excluding ortho intramolecular Hbond substituents is 1. The van der Waals surface area contributed by atoms with Crippen molar-refractivity contribution in [2.75, 3.05) is 20.3 Å². The number of aliphatic hydroxyl groups is 2. The molecule has 0 aliphatic rings. The van der Waals surface area contributed by atoms with Gasteiger partial charge in [0.25, 0.3) is 0 Å². The first kappa shape index (κ1) is 12.8. The highest BCUT2D eigenvalue weighted by Crippen LogP contribution is 2.26. The van der Waals surface area contributed by atoms with Crippen molar-refractivity contribution in [3.63, 3.8) is 0 Å². The number of methoxy groups -OCH3 is 1. The molecule has 3 N–H and O–H groups in total. The van der Waals surface area contributed by atoms with Gasteiger partial charge in [0, 0.05) is 0 Å². The molecule has 90 valence electrons. The molecule has 5 heteroatoms. The fourth-order valence-electron chi connectivity index (χ4n) is 1.24. The average molecular weight is 228 g/mol. The van der Waals surface area contributed by atoms with Gasteiger partial charge in [-0.15, -0.1) is 0 Å². The van der Waals surface area contributed by atoms with Crippen LogP contribution in [0.4, 0.5) is 0 Å². The molecule has 0 bridgehead atoms. The topological polar surface area (TPSA) is 79.2 Å². The molecule has 1 aromatic rings. The van der Waals surface area contributed by atoms with Crippen LogP contribution in [-0.4, -0.2) is 41.9 Å². The summed E-state index contributed by atoms with van der Waals surface area (Å²) >= 11 is 0. The van der Waals surface area contributed by atoms with Crippen molar-refractivity contribution < 1.29 is 24.8 Å². The zero-order valence-electron chi connectivity index (χ0n) is 9.09. The number of hydrogen-bond acceptors (Lipinski definition) is 5. The predicted molar refractivity (Wildman–Crippen MR) is 57.4 cm³/mol. The van der Waals surface area contributed by atoms with E-state index in [1.54, 1.807) is 12.1 Å². The number of benzene rings is 1. The molecule has 0 amide bonds. The van der Waals surface area contributed by atoms with Gasteiger partial charge in [-0.05, 0) is 24.1 Å². The normalized spacial score (nSPS) is 12.4. The third-order valence-corrected chi connectivity index (χ3v) is 2.10. The Bertz CT molecular complexity index is 326. The standard InChI is InChI=1S/C11H16O5/c1-15-10-6-8(2-3-9(10)13)4-5-16-11(14)7-12/h2-3,6,11-14H,4-5,7H2,1H3. The largest absolute Gasteiger partial charge is 0.504 e. The van der Waals surface area contributed by atoms with Crippen LogP contribution in [0.15, 0.2) is 18.2 Å². The zero-order valence-corrected chi connectivity index (χ0v) is 9.09. The van der Waals surface area contributed by atoms with E-state index in [0.29, 0.717) is 12.2 Å². The van der Waals surface area contributed by atoms with Gasteiger partial charge in [0.15, 0.2) is 17.8 Å². The van der Waals surface area contributed by atoms with Gasteiger partial charge in [0.05, 0.1) is 20.3 Å². The highest BCUT2D eigenvalue weighted by molar-refractivity contribution is 5.41. The molecule has 1 rings (SSSR count). The first-order valence-electron chi connectivity index (χ1n) is 4.93. The molecule has 0 radical (unpaired) electrons. The summed E-state index contributed by atoms with van der Waals surface area (Å²) in [6.45, 7) is -0.130. The number of hydrogen-bond donors (Lipinski definition) is 3. The van der Waals surface area contributed by atoms with Crippen molar-refractivity contribution in [3.05, 3.63) is 23.8 Å². The first-order valence-corrected chi connectivity index (χ1v) is 4.93. The summed E-state index contributed by atoms with van der Waals surface area (Å²) in [7, 11) is 1.48. The highest BCUT2D eigenvalue weighted by atomic mass is 16.6. The van der Waals surface area contributed by atoms with E-state index < -0.39 is 12.9 Å². The van der Waals surface area contributed by atoms with Gasteiger partial charge in [0.1, 0.15) is 0 Å². The molecule has 1 unspecified atom stereocenters. The minimum atomic E-state index is -1.14. The maximum absolute atomic E-state index is 9.36. The lowest BCUT2D eigenvalue weighted by Crippen LogP contribution is -2.17. The van der Waals surface area contributed by atoms with Gasteiger partial charge in [-0.2, -0.15) is 0 Å². The third-order valence-electron chi connectivity index (χ3n) is 2.10. The highest BCUT2D eigenvalue weighted by Gasteiger charge is 2.04. The van der Waals surface area contributed by atoms with E-state index in [-0.39, 0.29) is 12.4 Å². The fourth-order valence-corrected chi connectivity index (χ4v) is 1.24. The lowest BCUT2D eigenvalue weighted by Gasteiger charge is -2.10.